The number of sulfonamides is 1. The summed E-state index contributed by atoms with van der Waals surface area (Å²) in [5.41, 5.74) is 0. The molecule has 15 heavy (non-hydrogen) atoms. The van der Waals surface area contributed by atoms with Crippen LogP contribution in [0.15, 0.2) is 12.3 Å². The summed E-state index contributed by atoms with van der Waals surface area (Å²) < 4.78 is 27.1. The molecule has 1 heterocycles. The van der Waals surface area contributed by atoms with Crippen molar-refractivity contribution >= 4 is 15.8 Å². The van der Waals surface area contributed by atoms with Gasteiger partial charge in [-0.1, -0.05) is 13.3 Å². The number of unbranched alkanes of at least 4 members (excludes halogenated alkanes) is 1. The minimum Gasteiger partial charge on any atom is -0.271 e. The number of nitrogens with one attached hydrogen (secondary N) is 1. The molecule has 6 heteroatoms. The van der Waals surface area contributed by atoms with Crippen molar-refractivity contribution in [2.24, 2.45) is 0 Å². The number of anilines is 1. The van der Waals surface area contributed by atoms with E-state index in [1.807, 2.05) is 13.8 Å². The molecular weight excluding hydrogens is 214 g/mol. The zero-order valence-corrected chi connectivity index (χ0v) is 9.92. The molecule has 0 aliphatic carbocycles. The van der Waals surface area contributed by atoms with E-state index in [-0.39, 0.29) is 5.75 Å². The van der Waals surface area contributed by atoms with Crippen LogP contribution in [0.3, 0.4) is 0 Å². The van der Waals surface area contributed by atoms with Crippen LogP contribution >= 0.6 is 0 Å². The molecule has 86 valence electrons. The molecule has 1 aromatic rings. The van der Waals surface area contributed by atoms with Crippen molar-refractivity contribution in [1.82, 2.24) is 9.78 Å². The maximum Gasteiger partial charge on any atom is 0.233 e. The first kappa shape index (κ1) is 12.0. The van der Waals surface area contributed by atoms with Gasteiger partial charge in [0.2, 0.25) is 10.0 Å². The van der Waals surface area contributed by atoms with E-state index < -0.39 is 10.0 Å². The Balaban J connectivity index is 2.60. The first-order valence-corrected chi connectivity index (χ1v) is 6.76. The lowest BCUT2D eigenvalue weighted by Crippen LogP contribution is -2.17. The highest BCUT2D eigenvalue weighted by molar-refractivity contribution is 7.92. The molecule has 5 nitrogen and oxygen atoms in total. The Bertz CT molecular complexity index is 397. The summed E-state index contributed by atoms with van der Waals surface area (Å²) >= 11 is 0. The summed E-state index contributed by atoms with van der Waals surface area (Å²) in [7, 11) is -3.22. The van der Waals surface area contributed by atoms with Crippen molar-refractivity contribution in [3.05, 3.63) is 12.3 Å². The quantitative estimate of drug-likeness (QED) is 0.805. The molecule has 0 radical (unpaired) electrons. The van der Waals surface area contributed by atoms with E-state index in [2.05, 4.69) is 9.82 Å². The second-order valence-electron chi connectivity index (χ2n) is 3.33. The molecule has 0 atom stereocenters. The summed E-state index contributed by atoms with van der Waals surface area (Å²) in [6, 6.07) is 1.66. The van der Waals surface area contributed by atoms with E-state index >= 15 is 0 Å². The molecule has 0 aliphatic heterocycles. The fourth-order valence-electron chi connectivity index (χ4n) is 1.14. The summed E-state index contributed by atoms with van der Waals surface area (Å²) in [6.45, 7) is 4.64. The largest absolute Gasteiger partial charge is 0.271 e. The summed E-state index contributed by atoms with van der Waals surface area (Å²) in [6.07, 6.45) is 3.28. The third-order valence-electron chi connectivity index (χ3n) is 1.99. The van der Waals surface area contributed by atoms with E-state index in [0.29, 0.717) is 12.2 Å². The fourth-order valence-corrected chi connectivity index (χ4v) is 2.34. The maximum atomic E-state index is 11.5. The predicted molar refractivity (Wildman–Crippen MR) is 60.2 cm³/mol. The van der Waals surface area contributed by atoms with Crippen molar-refractivity contribution in [2.75, 3.05) is 10.5 Å². The lowest BCUT2D eigenvalue weighted by Gasteiger charge is -2.03. The fraction of sp³-hybridized carbons (Fsp3) is 0.667. The van der Waals surface area contributed by atoms with Crippen molar-refractivity contribution in [2.45, 2.75) is 33.2 Å². The van der Waals surface area contributed by atoms with Gasteiger partial charge in [-0.2, -0.15) is 5.10 Å². The van der Waals surface area contributed by atoms with Gasteiger partial charge in [-0.15, -0.1) is 0 Å². The average Bonchev–Trinajstić information content (AvgIpc) is 2.62. The van der Waals surface area contributed by atoms with E-state index in [9.17, 15) is 8.42 Å². The maximum absolute atomic E-state index is 11.5. The molecule has 0 aromatic carbocycles. The molecule has 0 spiro atoms. The molecule has 0 saturated carbocycles. The van der Waals surface area contributed by atoms with Gasteiger partial charge in [0.25, 0.3) is 0 Å². The Hall–Kier alpha value is -1.04. The Morgan fingerprint density at radius 2 is 2.20 bits per heavy atom. The van der Waals surface area contributed by atoms with Gasteiger partial charge in [-0.25, -0.2) is 8.42 Å². The van der Waals surface area contributed by atoms with E-state index in [1.54, 1.807) is 16.9 Å². The van der Waals surface area contributed by atoms with Crippen molar-refractivity contribution < 1.29 is 8.42 Å². The lowest BCUT2D eigenvalue weighted by molar-refractivity contribution is 0.597. The SMILES string of the molecule is CCCCS(=O)(=O)Nc1ccn(CC)n1. The normalized spacial score (nSPS) is 11.6. The van der Waals surface area contributed by atoms with Crippen LogP contribution in [0.25, 0.3) is 0 Å². The van der Waals surface area contributed by atoms with Crippen molar-refractivity contribution in [3.63, 3.8) is 0 Å². The van der Waals surface area contributed by atoms with Gasteiger partial charge in [-0.3, -0.25) is 9.40 Å². The van der Waals surface area contributed by atoms with Gasteiger partial charge in [0.15, 0.2) is 5.82 Å². The minimum absolute atomic E-state index is 0.155. The number of aromatic nitrogens is 2. The van der Waals surface area contributed by atoms with Crippen molar-refractivity contribution in [1.29, 1.82) is 0 Å². The second-order valence-corrected chi connectivity index (χ2v) is 5.17. The Kier molecular flexibility index (Phi) is 4.14. The predicted octanol–water partition coefficient (Wildman–Crippen LogP) is 1.44. The van der Waals surface area contributed by atoms with Crippen LogP contribution in [-0.2, 0) is 16.6 Å². The number of nitrogens with zero attached hydrogens (tertiary/aromatic N) is 2. The van der Waals surface area contributed by atoms with E-state index in [1.165, 1.54) is 0 Å². The summed E-state index contributed by atoms with van der Waals surface area (Å²) in [4.78, 5) is 0. The molecule has 0 unspecified atom stereocenters. The third-order valence-corrected chi connectivity index (χ3v) is 3.34. The number of hydrogen-bond acceptors (Lipinski definition) is 3. The highest BCUT2D eigenvalue weighted by Crippen LogP contribution is 2.06. The molecule has 0 fully saturated rings. The molecule has 1 rings (SSSR count). The number of rotatable bonds is 6. The number of hydrogen-bond donors (Lipinski definition) is 1. The van der Waals surface area contributed by atoms with Crippen LogP contribution in [0.4, 0.5) is 5.82 Å². The van der Waals surface area contributed by atoms with Crippen LogP contribution in [-0.4, -0.2) is 24.0 Å². The van der Waals surface area contributed by atoms with Crippen LogP contribution < -0.4 is 4.72 Å². The summed E-state index contributed by atoms with van der Waals surface area (Å²) in [5, 5.41) is 4.05. The van der Waals surface area contributed by atoms with Gasteiger partial charge in [0.05, 0.1) is 5.75 Å². The highest BCUT2D eigenvalue weighted by atomic mass is 32.2. The number of aryl methyl sites for hydroxylation is 1. The molecule has 0 saturated heterocycles. The Morgan fingerprint density at radius 1 is 1.47 bits per heavy atom. The lowest BCUT2D eigenvalue weighted by atomic mass is 10.4. The van der Waals surface area contributed by atoms with Gasteiger partial charge >= 0.3 is 0 Å². The molecule has 0 amide bonds. The van der Waals surface area contributed by atoms with E-state index in [0.717, 1.165) is 13.0 Å². The first-order valence-electron chi connectivity index (χ1n) is 5.11. The Morgan fingerprint density at radius 3 is 2.73 bits per heavy atom. The van der Waals surface area contributed by atoms with Crippen LogP contribution in [0.1, 0.15) is 26.7 Å². The van der Waals surface area contributed by atoms with Crippen molar-refractivity contribution in [3.8, 4) is 0 Å². The third kappa shape index (κ3) is 3.91. The zero-order valence-electron chi connectivity index (χ0n) is 9.10. The van der Waals surface area contributed by atoms with E-state index in [4.69, 9.17) is 0 Å². The molecule has 1 N–H and O–H groups in total. The van der Waals surface area contributed by atoms with Gasteiger partial charge < -0.3 is 0 Å². The van der Waals surface area contributed by atoms with Gasteiger partial charge in [-0.05, 0) is 13.3 Å². The molecular formula is C9H17N3O2S. The average molecular weight is 231 g/mol. The highest BCUT2D eigenvalue weighted by Gasteiger charge is 2.10. The first-order chi connectivity index (χ1) is 7.07. The minimum atomic E-state index is -3.22. The molecule has 1 aromatic heterocycles. The zero-order chi connectivity index (χ0) is 11.3. The van der Waals surface area contributed by atoms with Crippen LogP contribution in [0.2, 0.25) is 0 Å². The van der Waals surface area contributed by atoms with Gasteiger partial charge in [0.1, 0.15) is 0 Å². The molecule has 0 bridgehead atoms. The van der Waals surface area contributed by atoms with Crippen LogP contribution in [0.5, 0.6) is 0 Å². The summed E-state index contributed by atoms with van der Waals surface area (Å²) in [5.74, 6) is 0.551. The molecule has 0 aliphatic rings. The topological polar surface area (TPSA) is 64.0 Å². The Labute approximate surface area is 90.5 Å². The van der Waals surface area contributed by atoms with Gasteiger partial charge in [0, 0.05) is 18.8 Å². The standard InChI is InChI=1S/C9H17N3O2S/c1-3-5-8-15(13,14)11-9-6-7-12(4-2)10-9/h6-7H,3-5,8H2,1-2H3,(H,10,11). The second kappa shape index (κ2) is 5.16. The monoisotopic (exact) mass is 231 g/mol. The van der Waals surface area contributed by atoms with Crippen LogP contribution in [0, 0.1) is 0 Å². The smallest absolute Gasteiger partial charge is 0.233 e.